The van der Waals surface area contributed by atoms with E-state index in [0.29, 0.717) is 5.92 Å². The fourth-order valence-electron chi connectivity index (χ4n) is 2.81. The van der Waals surface area contributed by atoms with Crippen LogP contribution in [-0.2, 0) is 6.54 Å². The fourth-order valence-corrected chi connectivity index (χ4v) is 2.81. The number of guanidine groups is 1. The van der Waals surface area contributed by atoms with Gasteiger partial charge < -0.3 is 20.4 Å². The van der Waals surface area contributed by atoms with Crippen LogP contribution in [0.1, 0.15) is 12.5 Å². The molecule has 1 heterocycles. The summed E-state index contributed by atoms with van der Waals surface area (Å²) in [6.07, 6.45) is 0. The average Bonchev–Trinajstić information content (AvgIpc) is 2.58. The molecule has 2 N–H and O–H groups in total. The zero-order chi connectivity index (χ0) is 16.5. The van der Waals surface area contributed by atoms with E-state index in [1.54, 1.807) is 0 Å². The molecule has 0 aromatic heterocycles. The lowest BCUT2D eigenvalue weighted by Crippen LogP contribution is -2.47. The zero-order valence-electron chi connectivity index (χ0n) is 14.8. The van der Waals surface area contributed by atoms with Crippen LogP contribution in [0.2, 0.25) is 0 Å². The second-order valence-corrected chi connectivity index (χ2v) is 6.50. The Morgan fingerprint density at radius 3 is 2.48 bits per heavy atom. The first kappa shape index (κ1) is 17.8. The highest BCUT2D eigenvalue weighted by molar-refractivity contribution is 5.79. The molecule has 0 spiro atoms. The van der Waals surface area contributed by atoms with Crippen LogP contribution in [0.15, 0.2) is 35.3 Å². The lowest BCUT2D eigenvalue weighted by atomic mass is 10.1. The molecule has 5 heteroatoms. The van der Waals surface area contributed by atoms with Crippen LogP contribution in [0, 0.1) is 5.92 Å². The largest absolute Gasteiger partial charge is 0.356 e. The Kier molecular flexibility index (Phi) is 7.36. The van der Waals surface area contributed by atoms with Gasteiger partial charge in [-0.3, -0.25) is 4.99 Å². The summed E-state index contributed by atoms with van der Waals surface area (Å²) in [7, 11) is 4.02. The third-order valence-corrected chi connectivity index (χ3v) is 4.31. The van der Waals surface area contributed by atoms with Crippen molar-refractivity contribution in [1.82, 2.24) is 20.4 Å². The molecule has 0 radical (unpaired) electrons. The number of benzene rings is 1. The van der Waals surface area contributed by atoms with Gasteiger partial charge in [0.15, 0.2) is 5.96 Å². The monoisotopic (exact) mass is 317 g/mol. The summed E-state index contributed by atoms with van der Waals surface area (Å²) in [5.41, 5.74) is 1.26. The van der Waals surface area contributed by atoms with Crippen LogP contribution < -0.4 is 10.6 Å². The highest BCUT2D eigenvalue weighted by atomic mass is 15.2. The minimum atomic E-state index is 0.605. The van der Waals surface area contributed by atoms with Crippen LogP contribution in [0.3, 0.4) is 0 Å². The number of aliphatic imine (C=N–C) groups is 1. The van der Waals surface area contributed by atoms with Gasteiger partial charge in [-0.2, -0.15) is 0 Å². The van der Waals surface area contributed by atoms with E-state index in [9.17, 15) is 0 Å². The molecule has 2 rings (SSSR count). The first-order chi connectivity index (χ1) is 11.2. The quantitative estimate of drug-likeness (QED) is 0.612. The second kappa shape index (κ2) is 9.53. The number of likely N-dealkylation sites (N-methyl/N-ethyl adjacent to an activating group) is 1. The number of rotatable bonds is 6. The Bertz CT molecular complexity index is 466. The Morgan fingerprint density at radius 1 is 1.13 bits per heavy atom. The van der Waals surface area contributed by atoms with Gasteiger partial charge in [0, 0.05) is 52.9 Å². The maximum absolute atomic E-state index is 4.31. The summed E-state index contributed by atoms with van der Waals surface area (Å²) in [5.74, 6) is 1.48. The first-order valence-electron chi connectivity index (χ1n) is 8.56. The molecule has 1 atom stereocenters. The molecule has 1 aromatic carbocycles. The van der Waals surface area contributed by atoms with Crippen molar-refractivity contribution >= 4 is 5.96 Å². The SMILES string of the molecule is CN=C(NCc1ccccc1)NCC(C)CN1CCN(C)CC1. The van der Waals surface area contributed by atoms with E-state index in [4.69, 9.17) is 0 Å². The maximum atomic E-state index is 4.31. The summed E-state index contributed by atoms with van der Waals surface area (Å²) in [4.78, 5) is 9.27. The Labute approximate surface area is 140 Å². The van der Waals surface area contributed by atoms with Gasteiger partial charge in [0.2, 0.25) is 0 Å². The molecule has 0 amide bonds. The van der Waals surface area contributed by atoms with E-state index < -0.39 is 0 Å². The van der Waals surface area contributed by atoms with Gasteiger partial charge in [-0.05, 0) is 18.5 Å². The van der Waals surface area contributed by atoms with Crippen LogP contribution in [-0.4, -0.2) is 69.1 Å². The molecule has 1 fully saturated rings. The molecule has 0 saturated carbocycles. The Hall–Kier alpha value is -1.59. The molecule has 1 saturated heterocycles. The molecule has 1 aromatic rings. The molecule has 1 aliphatic heterocycles. The van der Waals surface area contributed by atoms with Crippen LogP contribution in [0.4, 0.5) is 0 Å². The second-order valence-electron chi connectivity index (χ2n) is 6.50. The molecule has 23 heavy (non-hydrogen) atoms. The first-order valence-corrected chi connectivity index (χ1v) is 8.56. The molecular weight excluding hydrogens is 286 g/mol. The van der Waals surface area contributed by atoms with E-state index in [0.717, 1.165) is 25.6 Å². The highest BCUT2D eigenvalue weighted by Gasteiger charge is 2.16. The summed E-state index contributed by atoms with van der Waals surface area (Å²) in [6.45, 7) is 9.92. The summed E-state index contributed by atoms with van der Waals surface area (Å²) in [6, 6.07) is 10.4. The highest BCUT2D eigenvalue weighted by Crippen LogP contribution is 2.04. The third-order valence-electron chi connectivity index (χ3n) is 4.31. The Morgan fingerprint density at radius 2 is 1.83 bits per heavy atom. The van der Waals surface area contributed by atoms with E-state index >= 15 is 0 Å². The molecule has 1 unspecified atom stereocenters. The number of hydrogen-bond acceptors (Lipinski definition) is 3. The minimum absolute atomic E-state index is 0.605. The normalized spacial score (nSPS) is 18.7. The van der Waals surface area contributed by atoms with Crippen molar-refractivity contribution in [3.8, 4) is 0 Å². The standard InChI is InChI=1S/C18H31N5/c1-16(15-23-11-9-22(3)10-12-23)13-20-18(19-2)21-14-17-7-5-4-6-8-17/h4-8,16H,9-15H2,1-3H3,(H2,19,20,21). The lowest BCUT2D eigenvalue weighted by Gasteiger charge is -2.34. The van der Waals surface area contributed by atoms with Gasteiger partial charge in [0.1, 0.15) is 0 Å². The number of nitrogens with one attached hydrogen (secondary N) is 2. The fraction of sp³-hybridized carbons (Fsp3) is 0.611. The van der Waals surface area contributed by atoms with Crippen molar-refractivity contribution in [3.63, 3.8) is 0 Å². The molecule has 128 valence electrons. The smallest absolute Gasteiger partial charge is 0.191 e. The van der Waals surface area contributed by atoms with Crippen molar-refractivity contribution in [2.24, 2.45) is 10.9 Å². The molecular formula is C18H31N5. The van der Waals surface area contributed by atoms with E-state index in [-0.39, 0.29) is 0 Å². The van der Waals surface area contributed by atoms with Crippen molar-refractivity contribution in [1.29, 1.82) is 0 Å². The zero-order valence-corrected chi connectivity index (χ0v) is 14.8. The lowest BCUT2D eigenvalue weighted by molar-refractivity contribution is 0.139. The van der Waals surface area contributed by atoms with Crippen molar-refractivity contribution < 1.29 is 0 Å². The molecule has 0 aliphatic carbocycles. The summed E-state index contributed by atoms with van der Waals surface area (Å²) >= 11 is 0. The van der Waals surface area contributed by atoms with E-state index in [2.05, 4.69) is 63.7 Å². The third kappa shape index (κ3) is 6.59. The van der Waals surface area contributed by atoms with Crippen LogP contribution in [0.25, 0.3) is 0 Å². The van der Waals surface area contributed by atoms with E-state index in [1.165, 1.54) is 31.7 Å². The predicted molar refractivity (Wildman–Crippen MR) is 97.7 cm³/mol. The van der Waals surface area contributed by atoms with Crippen LogP contribution >= 0.6 is 0 Å². The maximum Gasteiger partial charge on any atom is 0.191 e. The number of piperazine rings is 1. The number of nitrogens with zero attached hydrogens (tertiary/aromatic N) is 3. The van der Waals surface area contributed by atoms with Crippen molar-refractivity contribution in [3.05, 3.63) is 35.9 Å². The topological polar surface area (TPSA) is 42.9 Å². The predicted octanol–water partition coefficient (Wildman–Crippen LogP) is 1.24. The van der Waals surface area contributed by atoms with Gasteiger partial charge in [-0.15, -0.1) is 0 Å². The van der Waals surface area contributed by atoms with Gasteiger partial charge in [0.25, 0.3) is 0 Å². The van der Waals surface area contributed by atoms with Gasteiger partial charge >= 0.3 is 0 Å². The van der Waals surface area contributed by atoms with Gasteiger partial charge in [-0.25, -0.2) is 0 Å². The van der Waals surface area contributed by atoms with Crippen LogP contribution in [0.5, 0.6) is 0 Å². The van der Waals surface area contributed by atoms with Crippen molar-refractivity contribution in [2.45, 2.75) is 13.5 Å². The average molecular weight is 317 g/mol. The van der Waals surface area contributed by atoms with Crippen molar-refractivity contribution in [2.75, 3.05) is 53.4 Å². The minimum Gasteiger partial charge on any atom is -0.356 e. The van der Waals surface area contributed by atoms with Gasteiger partial charge in [-0.1, -0.05) is 37.3 Å². The molecule has 5 nitrogen and oxygen atoms in total. The summed E-state index contributed by atoms with van der Waals surface area (Å²) < 4.78 is 0. The summed E-state index contributed by atoms with van der Waals surface area (Å²) in [5, 5.41) is 6.81. The number of hydrogen-bond donors (Lipinski definition) is 2. The molecule has 1 aliphatic rings. The molecule has 0 bridgehead atoms. The van der Waals surface area contributed by atoms with Gasteiger partial charge in [0.05, 0.1) is 0 Å². The Balaban J connectivity index is 1.66. The van der Waals surface area contributed by atoms with E-state index in [1.807, 2.05) is 13.1 Å².